The van der Waals surface area contributed by atoms with E-state index in [2.05, 4.69) is 16.0 Å². The van der Waals surface area contributed by atoms with Crippen LogP contribution in [0, 0.1) is 11.8 Å². The summed E-state index contributed by atoms with van der Waals surface area (Å²) in [6.45, 7) is 7.92. The van der Waals surface area contributed by atoms with Crippen molar-refractivity contribution in [2.45, 2.75) is 84.3 Å². The Bertz CT molecular complexity index is 1010. The van der Waals surface area contributed by atoms with E-state index in [0.29, 0.717) is 25.7 Å². The van der Waals surface area contributed by atoms with Crippen LogP contribution in [0.4, 0.5) is 0 Å². The van der Waals surface area contributed by atoms with Gasteiger partial charge in [0.1, 0.15) is 18.4 Å². The van der Waals surface area contributed by atoms with Crippen molar-refractivity contribution in [3.63, 3.8) is 0 Å². The fourth-order valence-corrected chi connectivity index (χ4v) is 4.34. The molecule has 0 aromatic heterocycles. The molecule has 3 atom stereocenters. The molecule has 0 aliphatic carbocycles. The van der Waals surface area contributed by atoms with Crippen LogP contribution in [0.1, 0.15) is 64.5 Å². The molecule has 0 bridgehead atoms. The largest absolute Gasteiger partial charge is 0.345 e. The fraction of sp³-hybridized carbons (Fsp3) is 0.484. The van der Waals surface area contributed by atoms with Gasteiger partial charge in [0.15, 0.2) is 0 Å². The maximum Gasteiger partial charge on any atom is 0.243 e. The molecule has 0 aliphatic heterocycles. The van der Waals surface area contributed by atoms with Gasteiger partial charge < -0.3 is 20.7 Å². The number of rotatable bonds is 16. The monoisotopic (exact) mass is 521 g/mol. The second-order valence-corrected chi connectivity index (χ2v) is 10.7. The molecule has 7 heteroatoms. The predicted molar refractivity (Wildman–Crippen MR) is 150 cm³/mol. The Labute approximate surface area is 227 Å². The van der Waals surface area contributed by atoms with E-state index in [1.807, 2.05) is 88.4 Å². The Morgan fingerprint density at radius 1 is 0.711 bits per heavy atom. The molecule has 0 saturated heterocycles. The summed E-state index contributed by atoms with van der Waals surface area (Å²) in [5.41, 5.74) is 2.04. The maximum atomic E-state index is 13.4. The minimum atomic E-state index is -0.885. The van der Waals surface area contributed by atoms with Gasteiger partial charge in [0.2, 0.25) is 17.7 Å². The first-order chi connectivity index (χ1) is 18.2. The zero-order valence-electron chi connectivity index (χ0n) is 23.1. The highest BCUT2D eigenvalue weighted by atomic mass is 16.2. The SMILES string of the molecule is CC(C)C[C@@H](C=O)NC(=O)[C@H](Cc1ccccc1)NC(=O)[C@H](CC(C)C)NC(=O)CCCc1ccccc1. The first kappa shape index (κ1) is 30.7. The molecule has 0 heterocycles. The molecule has 0 saturated carbocycles. The second kappa shape index (κ2) is 16.4. The van der Waals surface area contributed by atoms with Crippen LogP contribution < -0.4 is 16.0 Å². The first-order valence-corrected chi connectivity index (χ1v) is 13.6. The van der Waals surface area contributed by atoms with Gasteiger partial charge in [0.25, 0.3) is 0 Å². The third kappa shape index (κ3) is 11.7. The standard InChI is InChI=1S/C31H43N3O4/c1-22(2)18-26(21-35)32-30(37)28(20-25-14-9-6-10-15-25)34-31(38)27(19-23(3)4)33-29(36)17-11-16-24-12-7-5-8-13-24/h5-10,12-15,21-23,26-28H,11,16-20H2,1-4H3,(H,32,37)(H,33,36)(H,34,38)/t26-,27-,28-/m0/s1. The Morgan fingerprint density at radius 3 is 1.82 bits per heavy atom. The van der Waals surface area contributed by atoms with E-state index >= 15 is 0 Å². The molecule has 206 valence electrons. The van der Waals surface area contributed by atoms with Crippen molar-refractivity contribution in [2.24, 2.45) is 11.8 Å². The fourth-order valence-electron chi connectivity index (χ4n) is 4.34. The molecular weight excluding hydrogens is 478 g/mol. The molecule has 2 rings (SSSR count). The van der Waals surface area contributed by atoms with Crippen molar-refractivity contribution in [2.75, 3.05) is 0 Å². The summed E-state index contributed by atoms with van der Waals surface area (Å²) in [5, 5.41) is 8.52. The van der Waals surface area contributed by atoms with Crippen LogP contribution in [0.15, 0.2) is 60.7 Å². The number of amides is 3. The summed E-state index contributed by atoms with van der Waals surface area (Å²) >= 11 is 0. The Kier molecular flexibility index (Phi) is 13.3. The van der Waals surface area contributed by atoms with E-state index in [1.54, 1.807) is 0 Å². The number of carbonyl (C=O) groups is 4. The molecule has 3 N–H and O–H groups in total. The summed E-state index contributed by atoms with van der Waals surface area (Å²) in [6.07, 6.45) is 3.72. The minimum Gasteiger partial charge on any atom is -0.345 e. The molecular formula is C31H43N3O4. The molecule has 0 radical (unpaired) electrons. The van der Waals surface area contributed by atoms with E-state index in [4.69, 9.17) is 0 Å². The van der Waals surface area contributed by atoms with Crippen LogP contribution in [-0.4, -0.2) is 42.1 Å². The summed E-state index contributed by atoms with van der Waals surface area (Å²) in [5.74, 6) is -0.638. The predicted octanol–water partition coefficient (Wildman–Crippen LogP) is 4.00. The molecule has 38 heavy (non-hydrogen) atoms. The summed E-state index contributed by atoms with van der Waals surface area (Å²) in [7, 11) is 0. The summed E-state index contributed by atoms with van der Waals surface area (Å²) < 4.78 is 0. The van der Waals surface area contributed by atoms with Gasteiger partial charge in [-0.1, -0.05) is 88.4 Å². The molecule has 2 aromatic rings. The number of aldehydes is 1. The van der Waals surface area contributed by atoms with Gasteiger partial charge in [-0.15, -0.1) is 0 Å². The number of carbonyl (C=O) groups excluding carboxylic acids is 4. The van der Waals surface area contributed by atoms with Crippen molar-refractivity contribution in [1.82, 2.24) is 16.0 Å². The Balaban J connectivity index is 2.08. The van der Waals surface area contributed by atoms with Crippen molar-refractivity contribution in [3.05, 3.63) is 71.8 Å². The van der Waals surface area contributed by atoms with E-state index in [0.717, 1.165) is 23.8 Å². The lowest BCUT2D eigenvalue weighted by atomic mass is 10.00. The molecule has 2 aromatic carbocycles. The normalized spacial score (nSPS) is 13.4. The van der Waals surface area contributed by atoms with Gasteiger partial charge >= 0.3 is 0 Å². The number of benzene rings is 2. The third-order valence-corrected chi connectivity index (χ3v) is 6.20. The van der Waals surface area contributed by atoms with Crippen molar-refractivity contribution in [3.8, 4) is 0 Å². The summed E-state index contributed by atoms with van der Waals surface area (Å²) in [6, 6.07) is 17.1. The minimum absolute atomic E-state index is 0.155. The number of hydrogen-bond acceptors (Lipinski definition) is 4. The molecule has 0 spiro atoms. The zero-order chi connectivity index (χ0) is 27.9. The van der Waals surface area contributed by atoms with Crippen LogP contribution in [-0.2, 0) is 32.0 Å². The van der Waals surface area contributed by atoms with E-state index in [9.17, 15) is 19.2 Å². The Hall–Kier alpha value is -3.48. The number of nitrogens with one attached hydrogen (secondary N) is 3. The molecule has 3 amide bonds. The van der Waals surface area contributed by atoms with Crippen LogP contribution in [0.25, 0.3) is 0 Å². The lowest BCUT2D eigenvalue weighted by Gasteiger charge is -2.25. The zero-order valence-corrected chi connectivity index (χ0v) is 23.1. The maximum absolute atomic E-state index is 13.4. The quantitative estimate of drug-likeness (QED) is 0.291. The van der Waals surface area contributed by atoms with E-state index in [1.165, 1.54) is 0 Å². The van der Waals surface area contributed by atoms with Crippen LogP contribution in [0.2, 0.25) is 0 Å². The van der Waals surface area contributed by atoms with Crippen molar-refractivity contribution in [1.29, 1.82) is 0 Å². The Morgan fingerprint density at radius 2 is 1.26 bits per heavy atom. The summed E-state index contributed by atoms with van der Waals surface area (Å²) in [4.78, 5) is 50.9. The average Bonchev–Trinajstić information content (AvgIpc) is 2.88. The van der Waals surface area contributed by atoms with Gasteiger partial charge in [-0.05, 0) is 48.6 Å². The first-order valence-electron chi connectivity index (χ1n) is 13.6. The van der Waals surface area contributed by atoms with Crippen molar-refractivity contribution >= 4 is 24.0 Å². The molecule has 0 aliphatic rings. The lowest BCUT2D eigenvalue weighted by Crippen LogP contribution is -2.56. The van der Waals surface area contributed by atoms with E-state index < -0.39 is 29.9 Å². The lowest BCUT2D eigenvalue weighted by molar-refractivity contribution is -0.133. The highest BCUT2D eigenvalue weighted by Crippen LogP contribution is 2.10. The molecule has 0 unspecified atom stereocenters. The molecule has 0 fully saturated rings. The van der Waals surface area contributed by atoms with Gasteiger partial charge in [-0.3, -0.25) is 14.4 Å². The number of hydrogen-bond donors (Lipinski definition) is 3. The smallest absolute Gasteiger partial charge is 0.243 e. The highest BCUT2D eigenvalue weighted by Gasteiger charge is 2.28. The third-order valence-electron chi connectivity index (χ3n) is 6.20. The molecule has 7 nitrogen and oxygen atoms in total. The van der Waals surface area contributed by atoms with Gasteiger partial charge in [0, 0.05) is 12.8 Å². The van der Waals surface area contributed by atoms with Crippen LogP contribution in [0.5, 0.6) is 0 Å². The van der Waals surface area contributed by atoms with Crippen LogP contribution in [0.3, 0.4) is 0 Å². The topological polar surface area (TPSA) is 104 Å². The average molecular weight is 522 g/mol. The second-order valence-electron chi connectivity index (χ2n) is 10.7. The van der Waals surface area contributed by atoms with Gasteiger partial charge in [-0.25, -0.2) is 0 Å². The van der Waals surface area contributed by atoms with E-state index in [-0.39, 0.29) is 24.2 Å². The van der Waals surface area contributed by atoms with Gasteiger partial charge in [0.05, 0.1) is 6.04 Å². The number of aryl methyl sites for hydroxylation is 1. The van der Waals surface area contributed by atoms with Gasteiger partial charge in [-0.2, -0.15) is 0 Å². The van der Waals surface area contributed by atoms with Crippen molar-refractivity contribution < 1.29 is 19.2 Å². The highest BCUT2D eigenvalue weighted by molar-refractivity contribution is 5.93. The van der Waals surface area contributed by atoms with Crippen LogP contribution >= 0.6 is 0 Å².